The van der Waals surface area contributed by atoms with E-state index in [1.807, 2.05) is 0 Å². The number of aryl methyl sites for hydroxylation is 1. The first-order chi connectivity index (χ1) is 13.3. The minimum absolute atomic E-state index is 0.0290. The summed E-state index contributed by atoms with van der Waals surface area (Å²) >= 11 is 0. The molecular formula is C25H36O2P2. The van der Waals surface area contributed by atoms with Crippen LogP contribution in [0.5, 0.6) is 17.2 Å². The van der Waals surface area contributed by atoms with Crippen LogP contribution in [0.3, 0.4) is 0 Å². The van der Waals surface area contributed by atoms with Crippen molar-refractivity contribution >= 4 is 18.7 Å². The van der Waals surface area contributed by atoms with Crippen LogP contribution in [0, 0.1) is 0 Å². The maximum atomic E-state index is 6.61. The Balaban J connectivity index is 2.32. The molecule has 0 spiro atoms. The molecule has 2 aromatic carbocycles. The van der Waals surface area contributed by atoms with Gasteiger partial charge in [-0.25, -0.2) is 0 Å². The Morgan fingerprint density at radius 2 is 1.38 bits per heavy atom. The third kappa shape index (κ3) is 4.08. The summed E-state index contributed by atoms with van der Waals surface area (Å²) in [4.78, 5) is 0. The molecule has 0 bridgehead atoms. The molecule has 0 radical (unpaired) electrons. The number of hydrogen-bond acceptors (Lipinski definition) is 2. The van der Waals surface area contributed by atoms with Crippen LogP contribution in [0.4, 0.5) is 0 Å². The van der Waals surface area contributed by atoms with Crippen molar-refractivity contribution in [1.29, 1.82) is 0 Å². The third-order valence-corrected chi connectivity index (χ3v) is 6.59. The van der Waals surface area contributed by atoms with Crippen molar-refractivity contribution in [1.82, 2.24) is 0 Å². The van der Waals surface area contributed by atoms with Gasteiger partial charge in [0.15, 0.2) is 11.5 Å². The second-order valence-electron chi connectivity index (χ2n) is 10.7. The van der Waals surface area contributed by atoms with Crippen molar-refractivity contribution < 1.29 is 9.26 Å². The molecule has 1 aliphatic heterocycles. The van der Waals surface area contributed by atoms with Gasteiger partial charge in [-0.05, 0) is 46.2 Å². The fourth-order valence-corrected chi connectivity index (χ4v) is 4.47. The molecule has 2 atom stereocenters. The number of fused-ring (bicyclic) bond motifs is 2. The second kappa shape index (κ2) is 7.55. The molecule has 29 heavy (non-hydrogen) atoms. The van der Waals surface area contributed by atoms with Crippen molar-refractivity contribution in [3.63, 3.8) is 0 Å². The lowest BCUT2D eigenvalue weighted by atomic mass is 9.71. The van der Waals surface area contributed by atoms with Gasteiger partial charge in [0.1, 0.15) is 5.75 Å². The highest BCUT2D eigenvalue weighted by Gasteiger charge is 2.39. The lowest BCUT2D eigenvalue weighted by molar-refractivity contribution is 0.395. The SMILES string of the molecule is CC(C)(C)c1cc(CCP)c2c(c1)C(C)(C)c1cc(C(C)(C)C)cc(OP)c1O2. The highest BCUT2D eigenvalue weighted by molar-refractivity contribution is 7.16. The number of benzene rings is 2. The first-order valence-corrected chi connectivity index (χ1v) is 11.7. The van der Waals surface area contributed by atoms with Gasteiger partial charge in [-0.2, -0.15) is 0 Å². The Hall–Kier alpha value is -1.10. The molecule has 0 saturated heterocycles. The van der Waals surface area contributed by atoms with Crippen LogP contribution in [-0.4, -0.2) is 6.16 Å². The first kappa shape index (κ1) is 22.6. The molecule has 0 aliphatic carbocycles. The van der Waals surface area contributed by atoms with Crippen LogP contribution >= 0.6 is 18.7 Å². The molecule has 0 N–H and O–H groups in total. The molecule has 3 rings (SSSR count). The summed E-state index contributed by atoms with van der Waals surface area (Å²) < 4.78 is 12.3. The monoisotopic (exact) mass is 430 g/mol. The van der Waals surface area contributed by atoms with E-state index < -0.39 is 0 Å². The molecule has 0 aromatic heterocycles. The molecular weight excluding hydrogens is 394 g/mol. The molecule has 1 heterocycles. The molecule has 158 valence electrons. The molecule has 0 amide bonds. The number of hydrogen-bond donors (Lipinski definition) is 0. The normalized spacial score (nSPS) is 15.4. The average Bonchev–Trinajstić information content (AvgIpc) is 2.60. The van der Waals surface area contributed by atoms with Gasteiger partial charge in [0.2, 0.25) is 0 Å². The Labute approximate surface area is 181 Å². The maximum Gasteiger partial charge on any atom is 0.173 e. The maximum absolute atomic E-state index is 6.61. The van der Waals surface area contributed by atoms with Crippen molar-refractivity contribution in [3.05, 3.63) is 52.1 Å². The third-order valence-electron chi connectivity index (χ3n) is 6.04. The molecule has 1 aliphatic rings. The Morgan fingerprint density at radius 3 is 1.86 bits per heavy atom. The van der Waals surface area contributed by atoms with E-state index >= 15 is 0 Å². The lowest BCUT2D eigenvalue weighted by Crippen LogP contribution is -2.28. The van der Waals surface area contributed by atoms with E-state index in [0.29, 0.717) is 0 Å². The molecule has 2 unspecified atom stereocenters. The summed E-state index contributed by atoms with van der Waals surface area (Å²) in [6.07, 6.45) is 1.98. The second-order valence-corrected chi connectivity index (χ2v) is 11.6. The van der Waals surface area contributed by atoms with Gasteiger partial charge in [0.25, 0.3) is 0 Å². The predicted octanol–water partition coefficient (Wildman–Crippen LogP) is 7.30. The van der Waals surface area contributed by atoms with E-state index in [1.165, 1.54) is 27.8 Å². The number of ether oxygens (including phenoxy) is 1. The predicted molar refractivity (Wildman–Crippen MR) is 131 cm³/mol. The summed E-state index contributed by atoms with van der Waals surface area (Å²) in [5.74, 6) is 2.64. The molecule has 2 aromatic rings. The molecule has 0 fully saturated rings. The smallest absolute Gasteiger partial charge is 0.173 e. The van der Waals surface area contributed by atoms with Crippen LogP contribution < -0.4 is 9.26 Å². The van der Waals surface area contributed by atoms with Gasteiger partial charge < -0.3 is 9.26 Å². The van der Waals surface area contributed by atoms with Crippen molar-refractivity contribution in [3.8, 4) is 17.2 Å². The topological polar surface area (TPSA) is 18.5 Å². The van der Waals surface area contributed by atoms with E-state index in [0.717, 1.165) is 29.8 Å². The van der Waals surface area contributed by atoms with Gasteiger partial charge in [-0.3, -0.25) is 0 Å². The van der Waals surface area contributed by atoms with Crippen molar-refractivity contribution in [2.24, 2.45) is 0 Å². The average molecular weight is 431 g/mol. The lowest BCUT2D eigenvalue weighted by Gasteiger charge is -2.38. The van der Waals surface area contributed by atoms with Gasteiger partial charge >= 0.3 is 0 Å². The van der Waals surface area contributed by atoms with Crippen LogP contribution in [0.15, 0.2) is 24.3 Å². The zero-order chi connectivity index (χ0) is 21.8. The zero-order valence-electron chi connectivity index (χ0n) is 19.2. The quantitative estimate of drug-likeness (QED) is 0.476. The fourth-order valence-electron chi connectivity index (χ4n) is 3.99. The van der Waals surface area contributed by atoms with Crippen molar-refractivity contribution in [2.45, 2.75) is 78.1 Å². The summed E-state index contributed by atoms with van der Waals surface area (Å²) in [6, 6.07) is 9.11. The van der Waals surface area contributed by atoms with Crippen LogP contribution in [0.1, 0.15) is 83.2 Å². The van der Waals surface area contributed by atoms with Gasteiger partial charge in [0.05, 0.1) is 9.47 Å². The molecule has 0 saturated carbocycles. The van der Waals surface area contributed by atoms with Crippen LogP contribution in [0.25, 0.3) is 0 Å². The highest BCUT2D eigenvalue weighted by Crippen LogP contribution is 2.54. The van der Waals surface area contributed by atoms with Crippen LogP contribution in [0.2, 0.25) is 0 Å². The zero-order valence-corrected chi connectivity index (χ0v) is 21.5. The highest BCUT2D eigenvalue weighted by atomic mass is 31.0. The Kier molecular flexibility index (Phi) is 5.88. The van der Waals surface area contributed by atoms with E-state index in [4.69, 9.17) is 9.26 Å². The largest absolute Gasteiger partial charge is 0.476 e. The Morgan fingerprint density at radius 1 is 0.862 bits per heavy atom. The van der Waals surface area contributed by atoms with E-state index in [-0.39, 0.29) is 16.2 Å². The molecule has 4 heteroatoms. The minimum atomic E-state index is -0.182. The summed E-state index contributed by atoms with van der Waals surface area (Å²) in [7, 11) is 5.24. The van der Waals surface area contributed by atoms with E-state index in [9.17, 15) is 0 Å². The summed E-state index contributed by atoms with van der Waals surface area (Å²) in [6.45, 7) is 18.2. The number of rotatable bonds is 3. The standard InChI is InChI=1S/C25H36O2P2/c1-23(2,3)16-11-15(9-10-28)21-18(12-16)25(7,8)19-13-17(24(4,5)6)14-20(27-29)22(19)26-21/h11-14H,9-10,28-29H2,1-8H3. The molecule has 2 nitrogen and oxygen atoms in total. The minimum Gasteiger partial charge on any atom is -0.476 e. The fraction of sp³-hybridized carbons (Fsp3) is 0.520. The van der Waals surface area contributed by atoms with Gasteiger partial charge in [0, 0.05) is 16.5 Å². The van der Waals surface area contributed by atoms with Gasteiger partial charge in [-0.1, -0.05) is 73.6 Å². The van der Waals surface area contributed by atoms with Crippen molar-refractivity contribution in [2.75, 3.05) is 6.16 Å². The van der Waals surface area contributed by atoms with Crippen LogP contribution in [-0.2, 0) is 22.7 Å². The summed E-state index contributed by atoms with van der Waals surface area (Å²) in [5, 5.41) is 0. The van der Waals surface area contributed by atoms with E-state index in [1.54, 1.807) is 0 Å². The first-order valence-electron chi connectivity index (χ1n) is 10.4. The van der Waals surface area contributed by atoms with Gasteiger partial charge in [-0.15, -0.1) is 9.24 Å². The summed E-state index contributed by atoms with van der Waals surface area (Å²) in [5.41, 5.74) is 6.29. The Bertz CT molecular complexity index is 931. The van der Waals surface area contributed by atoms with E-state index in [2.05, 4.69) is 98.4 Å².